The highest BCUT2D eigenvalue weighted by Gasteiger charge is 2.27. The van der Waals surface area contributed by atoms with Gasteiger partial charge in [0.15, 0.2) is 5.78 Å². The van der Waals surface area contributed by atoms with Gasteiger partial charge in [-0.15, -0.1) is 10.2 Å². The molecule has 2 aliphatic heterocycles. The van der Waals surface area contributed by atoms with Crippen LogP contribution in [-0.4, -0.2) is 132 Å². The van der Waals surface area contributed by atoms with Crippen LogP contribution in [-0.2, 0) is 40.2 Å². The van der Waals surface area contributed by atoms with Crippen molar-refractivity contribution >= 4 is 23.8 Å². The highest BCUT2D eigenvalue weighted by molar-refractivity contribution is 5.99. The number of Topliss-reactive ketones (excluding diaryl/α,β-unsaturated/α-hetero) is 1. The molecule has 2 saturated heterocycles. The van der Waals surface area contributed by atoms with Crippen LogP contribution in [0.25, 0.3) is 11.5 Å². The molecule has 4 aromatic carbocycles. The van der Waals surface area contributed by atoms with E-state index in [9.17, 15) is 45.5 Å². The van der Waals surface area contributed by atoms with Gasteiger partial charge < -0.3 is 38.8 Å². The Balaban J connectivity index is 0.000000221. The summed E-state index contributed by atoms with van der Waals surface area (Å²) >= 11 is 0. The standard InChI is InChI=1S/C24H26F3N3O4.C23H23F3N4O3/c25-20-14-18(21(31)15-28-23(32)22(26)27)6-7-19(20)16-30(9-8-17-4-2-1-3-5-17)24(33)29-10-12-34-13-11-29;24-19-14-17(21-27-28-22(33-21)20(25)26)6-7-18(19)15-30(9-8-16-4-2-1-3-5-16)23(31)29-10-12-32-13-11-29/h1-7,14,22H,8-13,15-16H2,(H,28,32);1-7,14,20H,8-13,15H2. The van der Waals surface area contributed by atoms with Gasteiger partial charge in [0, 0.05) is 61.5 Å². The summed E-state index contributed by atoms with van der Waals surface area (Å²) in [5.41, 5.74) is 2.73. The lowest BCUT2D eigenvalue weighted by Crippen LogP contribution is -2.48. The van der Waals surface area contributed by atoms with Crippen LogP contribution in [0, 0.1) is 11.6 Å². The molecule has 2 fully saturated rings. The highest BCUT2D eigenvalue weighted by atomic mass is 19.3. The number of alkyl halides is 4. The normalized spacial score (nSPS) is 13.8. The Hall–Kier alpha value is -6.80. The molecule has 7 rings (SSSR count). The van der Waals surface area contributed by atoms with Crippen LogP contribution in [0.15, 0.2) is 101 Å². The van der Waals surface area contributed by atoms with Gasteiger partial charge in [-0.05, 0) is 42.2 Å². The van der Waals surface area contributed by atoms with Crippen LogP contribution in [0.2, 0.25) is 0 Å². The maximum Gasteiger partial charge on any atom is 0.320 e. The Labute approximate surface area is 382 Å². The smallest absolute Gasteiger partial charge is 0.320 e. The van der Waals surface area contributed by atoms with Crippen molar-refractivity contribution in [1.29, 1.82) is 0 Å². The lowest BCUT2D eigenvalue weighted by molar-refractivity contribution is -0.131. The number of nitrogens with one attached hydrogen (secondary N) is 1. The Kier molecular flexibility index (Phi) is 18.3. The summed E-state index contributed by atoms with van der Waals surface area (Å²) in [7, 11) is 0. The van der Waals surface area contributed by atoms with Crippen LogP contribution in [0.1, 0.15) is 44.9 Å². The van der Waals surface area contributed by atoms with E-state index >= 15 is 0 Å². The second-order valence-corrected chi connectivity index (χ2v) is 15.4. The summed E-state index contributed by atoms with van der Waals surface area (Å²) in [6.45, 7) is 3.80. The van der Waals surface area contributed by atoms with Crippen molar-refractivity contribution in [3.63, 3.8) is 0 Å². The van der Waals surface area contributed by atoms with E-state index in [0.29, 0.717) is 84.1 Å². The highest BCUT2D eigenvalue weighted by Crippen LogP contribution is 2.26. The number of hydrogen-bond acceptors (Lipinski definition) is 9. The van der Waals surface area contributed by atoms with E-state index in [4.69, 9.17) is 13.9 Å². The van der Waals surface area contributed by atoms with E-state index in [2.05, 4.69) is 10.2 Å². The minimum atomic E-state index is -3.24. The number of urea groups is 2. The van der Waals surface area contributed by atoms with Crippen LogP contribution >= 0.6 is 0 Å². The number of nitrogens with zero attached hydrogens (tertiary/aromatic N) is 6. The summed E-state index contributed by atoms with van der Waals surface area (Å²) in [6.07, 6.45) is -4.94. The van der Waals surface area contributed by atoms with Gasteiger partial charge >= 0.3 is 24.9 Å². The number of morpholine rings is 2. The second-order valence-electron chi connectivity index (χ2n) is 15.4. The van der Waals surface area contributed by atoms with Gasteiger partial charge in [0.25, 0.3) is 11.8 Å². The molecule has 0 spiro atoms. The molecule has 14 nitrogen and oxygen atoms in total. The van der Waals surface area contributed by atoms with Gasteiger partial charge in [0.1, 0.15) is 11.6 Å². The van der Waals surface area contributed by atoms with Crippen molar-refractivity contribution < 1.29 is 59.4 Å². The molecule has 5 aromatic rings. The fourth-order valence-electron chi connectivity index (χ4n) is 7.07. The molecule has 3 heterocycles. The summed E-state index contributed by atoms with van der Waals surface area (Å²) in [5, 5.41) is 8.61. The summed E-state index contributed by atoms with van der Waals surface area (Å²) in [4.78, 5) is 55.9. The SMILES string of the molecule is O=C(CNC(=O)C(F)F)c1ccc(CN(CCc2ccccc2)C(=O)N2CCOCC2)c(F)c1.O=C(N1CCOCC1)N(CCc1ccccc1)Cc1ccc(-c2nnc(C(F)F)o2)cc1F. The maximum atomic E-state index is 14.9. The molecule has 1 aromatic heterocycles. The third-order valence-electron chi connectivity index (χ3n) is 10.8. The average Bonchev–Trinajstić information content (AvgIpc) is 3.86. The largest absolute Gasteiger partial charge is 0.415 e. The van der Waals surface area contributed by atoms with E-state index in [1.165, 1.54) is 24.3 Å². The Morgan fingerprint density at radius 1 is 0.642 bits per heavy atom. The first-order valence-corrected chi connectivity index (χ1v) is 21.4. The quantitative estimate of drug-likeness (QED) is 0.0801. The molecule has 0 aliphatic carbocycles. The van der Waals surface area contributed by atoms with Crippen molar-refractivity contribution in [2.75, 3.05) is 72.2 Å². The molecule has 0 saturated carbocycles. The van der Waals surface area contributed by atoms with Gasteiger partial charge in [-0.1, -0.05) is 78.9 Å². The minimum absolute atomic E-state index is 0.00849. The van der Waals surface area contributed by atoms with Gasteiger partial charge in [-0.3, -0.25) is 9.59 Å². The first-order chi connectivity index (χ1) is 32.4. The number of benzene rings is 4. The minimum Gasteiger partial charge on any atom is -0.415 e. The van der Waals surface area contributed by atoms with Gasteiger partial charge in [0.05, 0.1) is 46.1 Å². The van der Waals surface area contributed by atoms with Gasteiger partial charge in [-0.25, -0.2) is 18.4 Å². The van der Waals surface area contributed by atoms with Crippen molar-refractivity contribution in [3.05, 3.63) is 142 Å². The molecule has 356 valence electrons. The molecule has 0 unspecified atom stereocenters. The Morgan fingerprint density at radius 3 is 1.58 bits per heavy atom. The molecule has 0 radical (unpaired) electrons. The zero-order chi connectivity index (χ0) is 47.7. The molecular formula is C47H49F6N7O7. The van der Waals surface area contributed by atoms with Crippen LogP contribution < -0.4 is 5.32 Å². The predicted molar refractivity (Wildman–Crippen MR) is 231 cm³/mol. The van der Waals surface area contributed by atoms with E-state index in [1.54, 1.807) is 24.9 Å². The lowest BCUT2D eigenvalue weighted by atomic mass is 10.1. The van der Waals surface area contributed by atoms with E-state index < -0.39 is 48.6 Å². The van der Waals surface area contributed by atoms with Gasteiger partial charge in [0.2, 0.25) is 5.89 Å². The Morgan fingerprint density at radius 2 is 1.13 bits per heavy atom. The van der Waals surface area contributed by atoms with Crippen LogP contribution in [0.3, 0.4) is 0 Å². The number of amides is 5. The first-order valence-electron chi connectivity index (χ1n) is 21.4. The molecule has 67 heavy (non-hydrogen) atoms. The number of hydrogen-bond donors (Lipinski definition) is 1. The van der Waals surface area contributed by atoms with Crippen molar-refractivity contribution in [2.24, 2.45) is 0 Å². The Bertz CT molecular complexity index is 2400. The molecular weight excluding hydrogens is 889 g/mol. The van der Waals surface area contributed by atoms with Crippen LogP contribution in [0.5, 0.6) is 0 Å². The number of rotatable bonds is 16. The molecule has 1 N–H and O–H groups in total. The molecule has 2 aliphatic rings. The third-order valence-corrected chi connectivity index (χ3v) is 10.8. The monoisotopic (exact) mass is 937 g/mol. The second kappa shape index (κ2) is 24.6. The molecule has 20 heteroatoms. The van der Waals surface area contributed by atoms with Gasteiger partial charge in [-0.2, -0.15) is 17.6 Å². The fraction of sp³-hybridized carbons (Fsp3) is 0.362. The predicted octanol–water partition coefficient (Wildman–Crippen LogP) is 7.20. The summed E-state index contributed by atoms with van der Waals surface area (Å²) < 4.78 is 95.2. The zero-order valence-corrected chi connectivity index (χ0v) is 36.3. The third kappa shape index (κ3) is 14.6. The molecule has 0 atom stereocenters. The number of ketones is 1. The van der Waals surface area contributed by atoms with E-state index in [1.807, 2.05) is 60.7 Å². The number of ether oxygens (including phenoxy) is 2. The van der Waals surface area contributed by atoms with E-state index in [-0.39, 0.29) is 47.7 Å². The summed E-state index contributed by atoms with van der Waals surface area (Å²) in [5.74, 6) is -4.58. The fourth-order valence-corrected chi connectivity index (χ4v) is 7.07. The van der Waals surface area contributed by atoms with Crippen molar-refractivity contribution in [3.8, 4) is 11.5 Å². The number of carbonyl (C=O) groups is 4. The summed E-state index contributed by atoms with van der Waals surface area (Å²) in [6, 6.07) is 26.8. The molecule has 5 amide bonds. The number of carbonyl (C=O) groups excluding carboxylic acids is 4. The molecule has 0 bridgehead atoms. The topological polar surface area (TPSA) is 151 Å². The van der Waals surface area contributed by atoms with E-state index in [0.717, 1.165) is 23.3 Å². The maximum absolute atomic E-state index is 14.9. The van der Waals surface area contributed by atoms with Crippen LogP contribution in [0.4, 0.5) is 35.9 Å². The van der Waals surface area contributed by atoms with Crippen molar-refractivity contribution in [1.82, 2.24) is 35.1 Å². The zero-order valence-electron chi connectivity index (χ0n) is 36.3. The average molecular weight is 938 g/mol. The lowest BCUT2D eigenvalue weighted by Gasteiger charge is -2.33. The van der Waals surface area contributed by atoms with Crippen molar-refractivity contribution in [2.45, 2.75) is 38.8 Å². The number of aromatic nitrogens is 2. The number of halogens is 6. The first kappa shape index (κ1) is 49.6.